The first-order valence-corrected chi connectivity index (χ1v) is 15.6. The molecule has 8 rings (SSSR count). The van der Waals surface area contributed by atoms with E-state index in [9.17, 15) is 0 Å². The fourth-order valence-electron chi connectivity index (χ4n) is 5.21. The van der Waals surface area contributed by atoms with Gasteiger partial charge in [0, 0.05) is 22.6 Å². The third-order valence-corrected chi connectivity index (χ3v) is 9.29. The molecule has 212 valence electrons. The van der Waals surface area contributed by atoms with E-state index in [1.165, 1.54) is 0 Å². The lowest BCUT2D eigenvalue weighted by Gasteiger charge is -2.15. The lowest BCUT2D eigenvalue weighted by atomic mass is 10.2. The van der Waals surface area contributed by atoms with Crippen LogP contribution in [0.2, 0.25) is 0 Å². The van der Waals surface area contributed by atoms with Gasteiger partial charge in [0.2, 0.25) is 10.3 Å². The van der Waals surface area contributed by atoms with Gasteiger partial charge in [0.25, 0.3) is 0 Å². The predicted octanol–water partition coefficient (Wildman–Crippen LogP) is 4.16. The van der Waals surface area contributed by atoms with Crippen LogP contribution in [0.3, 0.4) is 0 Å². The van der Waals surface area contributed by atoms with Crippen molar-refractivity contribution in [2.75, 3.05) is 11.5 Å². The summed E-state index contributed by atoms with van der Waals surface area (Å²) in [7, 11) is 0. The van der Waals surface area contributed by atoms with Crippen molar-refractivity contribution < 1.29 is 0 Å². The Hall–Kier alpha value is -4.82. The molecule has 0 fully saturated rings. The number of benzene rings is 2. The maximum Gasteiger partial charge on any atom is 0.212 e. The smallest absolute Gasteiger partial charge is 0.212 e. The van der Waals surface area contributed by atoms with E-state index in [-0.39, 0.29) is 0 Å². The molecule has 0 bridgehead atoms. The van der Waals surface area contributed by atoms with Crippen LogP contribution in [0.1, 0.15) is 34.2 Å². The number of nitrogens with zero attached hydrogens (tertiary/aromatic N) is 12. The van der Waals surface area contributed by atoms with E-state index >= 15 is 0 Å². The largest absolute Gasteiger partial charge is 0.237 e. The summed E-state index contributed by atoms with van der Waals surface area (Å²) in [5, 5.41) is 38.4. The monoisotopic (exact) mass is 604 g/mol. The van der Waals surface area contributed by atoms with Crippen LogP contribution in [-0.4, -0.2) is 72.2 Å². The Bertz CT molecular complexity index is 1890. The van der Waals surface area contributed by atoms with Crippen LogP contribution in [0.25, 0.3) is 11.4 Å². The Morgan fingerprint density at radius 3 is 1.49 bits per heavy atom. The molecule has 4 aromatic heterocycles. The first-order chi connectivity index (χ1) is 21.1. The summed E-state index contributed by atoms with van der Waals surface area (Å²) in [5.74, 6) is 2.70. The lowest BCUT2D eigenvalue weighted by molar-refractivity contribution is 0.678. The minimum absolute atomic E-state index is 0.374. The standard InChI is InChI=1S/C29H24N12S2/c1-18-22(14-30-38(18)20-9-5-3-6-10-20)24-16-42-28-34-32-26(40(28)36-24)13-27-33-35-29-41(27)37-25(17-43-29)23-15-31-39(19(23)2)21-11-7-4-8-12-21/h3-12,14-15H,13,16-17H2,1-2H3. The topological polar surface area (TPSA) is 122 Å². The highest BCUT2D eigenvalue weighted by molar-refractivity contribution is 8.00. The maximum absolute atomic E-state index is 4.97. The van der Waals surface area contributed by atoms with Crippen LogP contribution in [0.15, 0.2) is 93.6 Å². The molecule has 0 spiro atoms. The number of hydrogen-bond acceptors (Lipinski definition) is 10. The summed E-state index contributed by atoms with van der Waals surface area (Å²) in [6, 6.07) is 20.2. The van der Waals surface area contributed by atoms with Crippen molar-refractivity contribution in [2.45, 2.75) is 30.6 Å². The fraction of sp³-hybridized carbons (Fsp3) is 0.172. The average molecular weight is 605 g/mol. The van der Waals surface area contributed by atoms with Crippen molar-refractivity contribution in [1.82, 2.24) is 49.3 Å². The van der Waals surface area contributed by atoms with Crippen LogP contribution < -0.4 is 0 Å². The first kappa shape index (κ1) is 25.9. The van der Waals surface area contributed by atoms with Crippen LogP contribution in [-0.2, 0) is 6.42 Å². The van der Waals surface area contributed by atoms with Crippen molar-refractivity contribution in [3.05, 3.63) is 107 Å². The lowest BCUT2D eigenvalue weighted by Crippen LogP contribution is -2.17. The number of hydrogen-bond donors (Lipinski definition) is 0. The minimum atomic E-state index is 0.374. The Labute approximate surface area is 254 Å². The number of para-hydroxylation sites is 2. The van der Waals surface area contributed by atoms with E-state index in [2.05, 4.69) is 44.4 Å². The fourth-order valence-corrected chi connectivity index (χ4v) is 6.90. The highest BCUT2D eigenvalue weighted by atomic mass is 32.2. The molecule has 43 heavy (non-hydrogen) atoms. The van der Waals surface area contributed by atoms with Crippen molar-refractivity contribution in [2.24, 2.45) is 10.2 Å². The second kappa shape index (κ2) is 10.5. The molecule has 0 amide bonds. The van der Waals surface area contributed by atoms with Gasteiger partial charge in [-0.15, -0.1) is 20.4 Å². The normalized spacial score (nSPS) is 14.3. The molecular weight excluding hydrogens is 581 g/mol. The Balaban J connectivity index is 1.10. The number of thioether (sulfide) groups is 2. The Morgan fingerprint density at radius 2 is 1.05 bits per heavy atom. The van der Waals surface area contributed by atoms with Gasteiger partial charge in [0.15, 0.2) is 11.6 Å². The van der Waals surface area contributed by atoms with E-state index < -0.39 is 0 Å². The second-order valence-electron chi connectivity index (χ2n) is 10.1. The van der Waals surface area contributed by atoms with Gasteiger partial charge in [-0.05, 0) is 38.1 Å². The van der Waals surface area contributed by atoms with Gasteiger partial charge < -0.3 is 0 Å². The van der Waals surface area contributed by atoms with Crippen LogP contribution in [0.4, 0.5) is 0 Å². The zero-order valence-electron chi connectivity index (χ0n) is 23.2. The van der Waals surface area contributed by atoms with Crippen LogP contribution in [0, 0.1) is 13.8 Å². The van der Waals surface area contributed by atoms with E-state index in [0.29, 0.717) is 29.6 Å². The van der Waals surface area contributed by atoms with Gasteiger partial charge >= 0.3 is 0 Å². The molecule has 0 N–H and O–H groups in total. The molecule has 0 saturated heterocycles. The van der Waals surface area contributed by atoms with Crippen molar-refractivity contribution in [3.63, 3.8) is 0 Å². The SMILES string of the molecule is Cc1c(C2=Nn3c(Cc4nnc5n4N=C(c4cnn(-c6ccccc6)c4C)CS5)nnc3SC2)cnn1-c1ccccc1. The molecule has 0 unspecified atom stereocenters. The summed E-state index contributed by atoms with van der Waals surface area (Å²) in [6.45, 7) is 4.12. The summed E-state index contributed by atoms with van der Waals surface area (Å²) < 4.78 is 7.48. The highest BCUT2D eigenvalue weighted by Crippen LogP contribution is 2.29. The van der Waals surface area contributed by atoms with Gasteiger partial charge in [-0.2, -0.15) is 29.8 Å². The molecule has 0 atom stereocenters. The first-order valence-electron chi connectivity index (χ1n) is 13.6. The van der Waals surface area contributed by atoms with Gasteiger partial charge in [0.1, 0.15) is 0 Å². The van der Waals surface area contributed by atoms with E-state index in [1.807, 2.05) is 82.4 Å². The molecule has 2 aromatic carbocycles. The van der Waals surface area contributed by atoms with Crippen molar-refractivity contribution >= 4 is 34.9 Å². The highest BCUT2D eigenvalue weighted by Gasteiger charge is 2.26. The number of rotatable bonds is 6. The second-order valence-corrected chi connectivity index (χ2v) is 11.9. The molecular formula is C29H24N12S2. The molecule has 6 heterocycles. The molecule has 12 nitrogen and oxygen atoms in total. The van der Waals surface area contributed by atoms with Gasteiger partial charge in [-0.3, -0.25) is 0 Å². The molecule has 0 saturated carbocycles. The molecule has 0 radical (unpaired) electrons. The summed E-state index contributed by atoms with van der Waals surface area (Å²) in [5.41, 5.74) is 7.92. The molecule has 2 aliphatic rings. The van der Waals surface area contributed by atoms with Crippen molar-refractivity contribution in [1.29, 1.82) is 0 Å². The summed E-state index contributed by atoms with van der Waals surface area (Å²) in [6.07, 6.45) is 4.13. The molecule has 2 aliphatic heterocycles. The average Bonchev–Trinajstić information content (AvgIpc) is 3.84. The number of fused-ring (bicyclic) bond motifs is 2. The minimum Gasteiger partial charge on any atom is -0.237 e. The van der Waals surface area contributed by atoms with E-state index in [1.54, 1.807) is 32.9 Å². The molecule has 6 aromatic rings. The van der Waals surface area contributed by atoms with E-state index in [4.69, 9.17) is 10.2 Å². The number of aromatic nitrogens is 10. The summed E-state index contributed by atoms with van der Waals surface area (Å²) >= 11 is 3.21. The quantitative estimate of drug-likeness (QED) is 0.278. The zero-order valence-corrected chi connectivity index (χ0v) is 24.9. The van der Waals surface area contributed by atoms with Crippen LogP contribution >= 0.6 is 23.5 Å². The summed E-state index contributed by atoms with van der Waals surface area (Å²) in [4.78, 5) is 0. The predicted molar refractivity (Wildman–Crippen MR) is 165 cm³/mol. The third kappa shape index (κ3) is 4.49. The van der Waals surface area contributed by atoms with Gasteiger partial charge in [-0.1, -0.05) is 59.9 Å². The van der Waals surface area contributed by atoms with Gasteiger partial charge in [0.05, 0.1) is 53.0 Å². The van der Waals surface area contributed by atoms with Crippen LogP contribution in [0.5, 0.6) is 0 Å². The Morgan fingerprint density at radius 1 is 0.605 bits per heavy atom. The van der Waals surface area contributed by atoms with Crippen molar-refractivity contribution in [3.8, 4) is 11.4 Å². The van der Waals surface area contributed by atoms with E-state index in [0.717, 1.165) is 55.6 Å². The maximum atomic E-state index is 4.97. The molecule has 0 aliphatic carbocycles. The molecule has 14 heteroatoms. The van der Waals surface area contributed by atoms with Gasteiger partial charge in [-0.25, -0.2) is 9.36 Å². The Kier molecular flexibility index (Phi) is 6.30. The third-order valence-electron chi connectivity index (χ3n) is 7.43. The zero-order chi connectivity index (χ0) is 28.9.